The maximum Gasteiger partial charge on any atom is 0.140 e. The fourth-order valence-electron chi connectivity index (χ4n) is 5.10. The molecule has 200 valence electrons. The normalized spacial score (nSPS) is 13.3. The van der Waals surface area contributed by atoms with Crippen molar-refractivity contribution < 1.29 is 4.74 Å². The van der Waals surface area contributed by atoms with Crippen molar-refractivity contribution in [1.82, 2.24) is 15.3 Å². The van der Waals surface area contributed by atoms with Crippen molar-refractivity contribution in [1.29, 1.82) is 0 Å². The van der Waals surface area contributed by atoms with Crippen LogP contribution in [0.3, 0.4) is 0 Å². The van der Waals surface area contributed by atoms with Crippen molar-refractivity contribution in [3.63, 3.8) is 0 Å². The second-order valence-electron chi connectivity index (χ2n) is 10.5. The predicted molar refractivity (Wildman–Crippen MR) is 156 cm³/mol. The second kappa shape index (κ2) is 14.3. The molecule has 4 rings (SSSR count). The van der Waals surface area contributed by atoms with E-state index in [1.165, 1.54) is 48.6 Å². The Kier molecular flexibility index (Phi) is 10.6. The lowest BCUT2D eigenvalue weighted by Gasteiger charge is -2.25. The van der Waals surface area contributed by atoms with Gasteiger partial charge in [-0.2, -0.15) is 0 Å². The molecule has 1 N–H and O–H groups in total. The van der Waals surface area contributed by atoms with Gasteiger partial charge in [0.2, 0.25) is 0 Å². The molecule has 0 amide bonds. The third-order valence-corrected chi connectivity index (χ3v) is 7.31. The van der Waals surface area contributed by atoms with Gasteiger partial charge in [0, 0.05) is 24.4 Å². The van der Waals surface area contributed by atoms with Gasteiger partial charge in [0.15, 0.2) is 0 Å². The van der Waals surface area contributed by atoms with Crippen molar-refractivity contribution >= 4 is 16.7 Å². The average molecular weight is 503 g/mol. The molecule has 37 heavy (non-hydrogen) atoms. The molecule has 1 aliphatic rings. The van der Waals surface area contributed by atoms with Crippen LogP contribution < -0.4 is 15.0 Å². The number of aryl methyl sites for hydroxylation is 2. The van der Waals surface area contributed by atoms with E-state index in [2.05, 4.69) is 60.5 Å². The minimum atomic E-state index is 0.549. The monoisotopic (exact) mass is 502 g/mol. The van der Waals surface area contributed by atoms with Gasteiger partial charge >= 0.3 is 0 Å². The summed E-state index contributed by atoms with van der Waals surface area (Å²) in [6.07, 6.45) is 11.6. The Bertz CT molecular complexity index is 1110. The Balaban J connectivity index is 1.47. The lowest BCUT2D eigenvalue weighted by atomic mass is 10.0. The molecule has 1 aromatic heterocycles. The summed E-state index contributed by atoms with van der Waals surface area (Å²) in [6, 6.07) is 15.3. The number of aromatic nitrogens is 2. The highest BCUT2D eigenvalue weighted by molar-refractivity contribution is 5.90. The number of nitrogens with one attached hydrogen (secondary N) is 1. The van der Waals surface area contributed by atoms with Gasteiger partial charge in [-0.05, 0) is 107 Å². The zero-order valence-electron chi connectivity index (χ0n) is 23.3. The molecular formula is C32H46N4O. The van der Waals surface area contributed by atoms with E-state index in [-0.39, 0.29) is 0 Å². The SMILES string of the molecule is CCCNCCCCc1ccc2nc(C3CC3)nc(N(CCC)CCCCc3ccccc3OC)c2c1. The van der Waals surface area contributed by atoms with Crippen LogP contribution >= 0.6 is 0 Å². The first-order valence-electron chi connectivity index (χ1n) is 14.6. The largest absolute Gasteiger partial charge is 0.496 e. The van der Waals surface area contributed by atoms with Crippen molar-refractivity contribution in [3.8, 4) is 5.75 Å². The summed E-state index contributed by atoms with van der Waals surface area (Å²) in [4.78, 5) is 12.7. The lowest BCUT2D eigenvalue weighted by Crippen LogP contribution is -2.27. The molecule has 0 saturated heterocycles. The quantitative estimate of drug-likeness (QED) is 0.200. The Morgan fingerprint density at radius 1 is 0.892 bits per heavy atom. The molecule has 0 unspecified atom stereocenters. The summed E-state index contributed by atoms with van der Waals surface area (Å²) in [7, 11) is 1.76. The van der Waals surface area contributed by atoms with Crippen LogP contribution in [0.4, 0.5) is 5.82 Å². The highest BCUT2D eigenvalue weighted by atomic mass is 16.5. The number of nitrogens with zero attached hydrogens (tertiary/aromatic N) is 3. The van der Waals surface area contributed by atoms with E-state index in [0.29, 0.717) is 5.92 Å². The zero-order chi connectivity index (χ0) is 25.9. The van der Waals surface area contributed by atoms with Crippen molar-refractivity contribution in [2.75, 3.05) is 38.2 Å². The summed E-state index contributed by atoms with van der Waals surface area (Å²) in [5.41, 5.74) is 3.81. The van der Waals surface area contributed by atoms with Gasteiger partial charge in [0.1, 0.15) is 17.4 Å². The summed E-state index contributed by atoms with van der Waals surface area (Å²) in [5.74, 6) is 3.75. The van der Waals surface area contributed by atoms with Gasteiger partial charge < -0.3 is 15.0 Å². The highest BCUT2D eigenvalue weighted by Gasteiger charge is 2.28. The number of para-hydroxylation sites is 1. The molecule has 5 nitrogen and oxygen atoms in total. The fraction of sp³-hybridized carbons (Fsp3) is 0.562. The van der Waals surface area contributed by atoms with Crippen LogP contribution in [0.1, 0.15) is 88.1 Å². The summed E-state index contributed by atoms with van der Waals surface area (Å²) < 4.78 is 5.55. The van der Waals surface area contributed by atoms with Gasteiger partial charge in [-0.15, -0.1) is 0 Å². The standard InChI is InChI=1S/C32H46N4O/c1-4-20-33-21-10-8-12-25-16-19-29-28(24-25)32(35-31(34-29)27-17-18-27)36(22-5-2)23-11-9-14-26-13-6-7-15-30(26)37-3/h6-7,13,15-16,19,24,27,33H,4-5,8-12,14,17-18,20-23H2,1-3H3. The maximum absolute atomic E-state index is 5.55. The van der Waals surface area contributed by atoms with Crippen LogP contribution in [0.25, 0.3) is 10.9 Å². The molecule has 0 atom stereocenters. The van der Waals surface area contributed by atoms with E-state index in [1.54, 1.807) is 7.11 Å². The molecule has 0 bridgehead atoms. The highest BCUT2D eigenvalue weighted by Crippen LogP contribution is 2.40. The number of ether oxygens (including phenoxy) is 1. The molecule has 1 aliphatic carbocycles. The number of hydrogen-bond acceptors (Lipinski definition) is 5. The Hall–Kier alpha value is -2.66. The minimum Gasteiger partial charge on any atom is -0.496 e. The molecule has 2 aromatic carbocycles. The molecule has 1 saturated carbocycles. The smallest absolute Gasteiger partial charge is 0.140 e. The number of fused-ring (bicyclic) bond motifs is 1. The Morgan fingerprint density at radius 3 is 2.51 bits per heavy atom. The van der Waals surface area contributed by atoms with Crippen LogP contribution in [0.5, 0.6) is 5.75 Å². The van der Waals surface area contributed by atoms with E-state index in [4.69, 9.17) is 14.7 Å². The van der Waals surface area contributed by atoms with Gasteiger partial charge in [-0.3, -0.25) is 0 Å². The van der Waals surface area contributed by atoms with E-state index in [0.717, 1.165) is 81.2 Å². The summed E-state index contributed by atoms with van der Waals surface area (Å²) >= 11 is 0. The first kappa shape index (κ1) is 27.4. The molecule has 5 heteroatoms. The van der Waals surface area contributed by atoms with Crippen LogP contribution in [0, 0.1) is 0 Å². The minimum absolute atomic E-state index is 0.549. The summed E-state index contributed by atoms with van der Waals surface area (Å²) in [5, 5.41) is 4.75. The number of methoxy groups -OCH3 is 1. The van der Waals surface area contributed by atoms with Crippen LogP contribution in [-0.2, 0) is 12.8 Å². The maximum atomic E-state index is 5.55. The molecule has 0 spiro atoms. The molecule has 1 heterocycles. The number of rotatable bonds is 17. The summed E-state index contributed by atoms with van der Waals surface area (Å²) in [6.45, 7) is 8.76. The number of anilines is 1. The van der Waals surface area contributed by atoms with Crippen molar-refractivity contribution in [2.24, 2.45) is 0 Å². The van der Waals surface area contributed by atoms with Crippen molar-refractivity contribution in [2.45, 2.75) is 84.0 Å². The molecule has 0 aliphatic heterocycles. The third-order valence-electron chi connectivity index (χ3n) is 7.31. The topological polar surface area (TPSA) is 50.3 Å². The second-order valence-corrected chi connectivity index (χ2v) is 10.5. The van der Waals surface area contributed by atoms with Gasteiger partial charge in [-0.1, -0.05) is 38.1 Å². The van der Waals surface area contributed by atoms with E-state index in [9.17, 15) is 0 Å². The van der Waals surface area contributed by atoms with Gasteiger partial charge in [0.05, 0.1) is 12.6 Å². The lowest BCUT2D eigenvalue weighted by molar-refractivity contribution is 0.409. The molecule has 1 fully saturated rings. The molecule has 0 radical (unpaired) electrons. The van der Waals surface area contributed by atoms with Gasteiger partial charge in [0.25, 0.3) is 0 Å². The fourth-order valence-corrected chi connectivity index (χ4v) is 5.10. The Morgan fingerprint density at radius 2 is 1.73 bits per heavy atom. The van der Waals surface area contributed by atoms with Crippen LogP contribution in [0.15, 0.2) is 42.5 Å². The first-order valence-corrected chi connectivity index (χ1v) is 14.6. The van der Waals surface area contributed by atoms with E-state index < -0.39 is 0 Å². The first-order chi connectivity index (χ1) is 18.2. The number of hydrogen-bond donors (Lipinski definition) is 1. The van der Waals surface area contributed by atoms with Crippen molar-refractivity contribution in [3.05, 3.63) is 59.4 Å². The number of benzene rings is 2. The van der Waals surface area contributed by atoms with Crippen LogP contribution in [-0.4, -0.2) is 43.3 Å². The Labute approximate surface area is 224 Å². The predicted octanol–water partition coefficient (Wildman–Crippen LogP) is 7.08. The zero-order valence-corrected chi connectivity index (χ0v) is 23.3. The third kappa shape index (κ3) is 7.91. The molecular weight excluding hydrogens is 456 g/mol. The molecule has 3 aromatic rings. The average Bonchev–Trinajstić information content (AvgIpc) is 3.78. The van der Waals surface area contributed by atoms with E-state index in [1.807, 2.05) is 6.07 Å². The van der Waals surface area contributed by atoms with Gasteiger partial charge in [-0.25, -0.2) is 9.97 Å². The number of unbranched alkanes of at least 4 members (excludes halogenated alkanes) is 2. The van der Waals surface area contributed by atoms with E-state index >= 15 is 0 Å². The van der Waals surface area contributed by atoms with Crippen LogP contribution in [0.2, 0.25) is 0 Å².